The fraction of sp³-hybridized carbons (Fsp3) is 0.235. The molecule has 3 nitrogen and oxygen atoms in total. The fourth-order valence-corrected chi connectivity index (χ4v) is 2.46. The topological polar surface area (TPSA) is 38.3 Å². The Morgan fingerprint density at radius 2 is 1.90 bits per heavy atom. The zero-order valence-electron chi connectivity index (χ0n) is 12.3. The Morgan fingerprint density at radius 3 is 2.57 bits per heavy atom. The second-order valence-electron chi connectivity index (χ2n) is 4.65. The van der Waals surface area contributed by atoms with Gasteiger partial charge in [0, 0.05) is 11.4 Å². The van der Waals surface area contributed by atoms with Crippen LogP contribution in [0.3, 0.4) is 0 Å². The third kappa shape index (κ3) is 4.83. The van der Waals surface area contributed by atoms with Gasteiger partial charge in [0.15, 0.2) is 0 Å². The van der Waals surface area contributed by atoms with Crippen LogP contribution < -0.4 is 10.1 Å². The van der Waals surface area contributed by atoms with Crippen molar-refractivity contribution in [2.45, 2.75) is 17.9 Å². The molecule has 0 aliphatic heterocycles. The maximum atomic E-state index is 11.9. The van der Waals surface area contributed by atoms with E-state index in [0.29, 0.717) is 13.0 Å². The molecule has 0 aromatic heterocycles. The minimum absolute atomic E-state index is 0.0229. The summed E-state index contributed by atoms with van der Waals surface area (Å²) in [6, 6.07) is 15.7. The second-order valence-corrected chi connectivity index (χ2v) is 5.53. The van der Waals surface area contributed by atoms with Gasteiger partial charge in [-0.3, -0.25) is 4.79 Å². The average molecular weight is 301 g/mol. The van der Waals surface area contributed by atoms with Crippen molar-refractivity contribution in [3.8, 4) is 5.75 Å². The second kappa shape index (κ2) is 7.74. The first-order valence-corrected chi connectivity index (χ1v) is 7.96. The van der Waals surface area contributed by atoms with Gasteiger partial charge in [0.05, 0.1) is 13.5 Å². The van der Waals surface area contributed by atoms with Crippen molar-refractivity contribution in [3.05, 3.63) is 59.7 Å². The van der Waals surface area contributed by atoms with E-state index >= 15 is 0 Å². The minimum Gasteiger partial charge on any atom is -0.497 e. The van der Waals surface area contributed by atoms with Gasteiger partial charge in [-0.2, -0.15) is 0 Å². The molecule has 0 saturated heterocycles. The van der Waals surface area contributed by atoms with Crippen molar-refractivity contribution in [2.24, 2.45) is 0 Å². The highest BCUT2D eigenvalue weighted by atomic mass is 32.2. The number of benzene rings is 2. The monoisotopic (exact) mass is 301 g/mol. The molecule has 2 aromatic carbocycles. The standard InChI is InChI=1S/C17H19NO2S/c1-20-15-8-6-13(7-9-15)11-17(19)18-12-14-4-3-5-16(10-14)21-2/h3-10H,11-12H2,1-2H3,(H,18,19). The number of carbonyl (C=O) groups is 1. The lowest BCUT2D eigenvalue weighted by Crippen LogP contribution is -2.24. The predicted molar refractivity (Wildman–Crippen MR) is 86.8 cm³/mol. The van der Waals surface area contributed by atoms with Gasteiger partial charge in [-0.1, -0.05) is 24.3 Å². The molecule has 0 bridgehead atoms. The molecule has 0 spiro atoms. The largest absolute Gasteiger partial charge is 0.497 e. The highest BCUT2D eigenvalue weighted by Crippen LogP contribution is 2.16. The molecule has 0 saturated carbocycles. The van der Waals surface area contributed by atoms with Gasteiger partial charge in [0.2, 0.25) is 5.91 Å². The fourth-order valence-electron chi connectivity index (χ4n) is 1.97. The zero-order valence-corrected chi connectivity index (χ0v) is 13.1. The number of nitrogens with one attached hydrogen (secondary N) is 1. The summed E-state index contributed by atoms with van der Waals surface area (Å²) in [7, 11) is 1.63. The molecule has 21 heavy (non-hydrogen) atoms. The van der Waals surface area contributed by atoms with Crippen molar-refractivity contribution in [2.75, 3.05) is 13.4 Å². The predicted octanol–water partition coefficient (Wildman–Crippen LogP) is 3.28. The van der Waals surface area contributed by atoms with Gasteiger partial charge in [0.25, 0.3) is 0 Å². The maximum Gasteiger partial charge on any atom is 0.224 e. The van der Waals surface area contributed by atoms with E-state index in [1.165, 1.54) is 4.90 Å². The molecule has 0 unspecified atom stereocenters. The molecule has 0 fully saturated rings. The van der Waals surface area contributed by atoms with Crippen molar-refractivity contribution in [1.82, 2.24) is 5.32 Å². The maximum absolute atomic E-state index is 11.9. The Balaban J connectivity index is 1.86. The van der Waals surface area contributed by atoms with Crippen molar-refractivity contribution in [3.63, 3.8) is 0 Å². The minimum atomic E-state index is 0.0229. The van der Waals surface area contributed by atoms with Crippen LogP contribution in [0.4, 0.5) is 0 Å². The molecule has 4 heteroatoms. The van der Waals surface area contributed by atoms with Crippen LogP contribution >= 0.6 is 11.8 Å². The van der Waals surface area contributed by atoms with Gasteiger partial charge in [-0.05, 0) is 41.6 Å². The van der Waals surface area contributed by atoms with Crippen LogP contribution in [-0.4, -0.2) is 19.3 Å². The molecule has 0 atom stereocenters. The van der Waals surface area contributed by atoms with Gasteiger partial charge < -0.3 is 10.1 Å². The molecule has 0 aliphatic rings. The van der Waals surface area contributed by atoms with Crippen LogP contribution in [-0.2, 0) is 17.8 Å². The normalized spacial score (nSPS) is 10.2. The molecule has 2 aromatic rings. The van der Waals surface area contributed by atoms with E-state index in [9.17, 15) is 4.79 Å². The Labute approximate surface area is 129 Å². The molecule has 110 valence electrons. The Bertz CT molecular complexity index is 596. The van der Waals surface area contributed by atoms with Gasteiger partial charge >= 0.3 is 0 Å². The number of thioether (sulfide) groups is 1. The number of ether oxygens (including phenoxy) is 1. The molecule has 2 rings (SSSR count). The summed E-state index contributed by atoms with van der Waals surface area (Å²) in [5.74, 6) is 0.822. The smallest absolute Gasteiger partial charge is 0.224 e. The van der Waals surface area contributed by atoms with Crippen LogP contribution in [0.1, 0.15) is 11.1 Å². The van der Waals surface area contributed by atoms with Crippen LogP contribution in [0, 0.1) is 0 Å². The average Bonchev–Trinajstić information content (AvgIpc) is 2.54. The SMILES string of the molecule is COc1ccc(CC(=O)NCc2cccc(SC)c2)cc1. The summed E-state index contributed by atoms with van der Waals surface area (Å²) in [5, 5.41) is 2.95. The third-order valence-corrected chi connectivity index (χ3v) is 3.87. The lowest BCUT2D eigenvalue weighted by Gasteiger charge is -2.07. The van der Waals surface area contributed by atoms with Crippen LogP contribution in [0.5, 0.6) is 5.75 Å². The van der Waals surface area contributed by atoms with E-state index in [-0.39, 0.29) is 5.91 Å². The van der Waals surface area contributed by atoms with Crippen molar-refractivity contribution >= 4 is 17.7 Å². The zero-order chi connectivity index (χ0) is 15.1. The number of carbonyl (C=O) groups excluding carboxylic acids is 1. The number of hydrogen-bond donors (Lipinski definition) is 1. The first-order chi connectivity index (χ1) is 10.2. The van der Waals surface area contributed by atoms with E-state index in [2.05, 4.69) is 17.4 Å². The molecule has 1 amide bonds. The van der Waals surface area contributed by atoms with Crippen molar-refractivity contribution < 1.29 is 9.53 Å². The van der Waals surface area contributed by atoms with Crippen LogP contribution in [0.2, 0.25) is 0 Å². The highest BCUT2D eigenvalue weighted by molar-refractivity contribution is 7.98. The third-order valence-electron chi connectivity index (χ3n) is 3.15. The Kier molecular flexibility index (Phi) is 5.69. The quantitative estimate of drug-likeness (QED) is 0.832. The molecule has 0 aliphatic carbocycles. The number of rotatable bonds is 6. The summed E-state index contributed by atoms with van der Waals surface area (Å²) in [4.78, 5) is 13.2. The van der Waals surface area contributed by atoms with Crippen LogP contribution in [0.25, 0.3) is 0 Å². The van der Waals surface area contributed by atoms with Crippen molar-refractivity contribution in [1.29, 1.82) is 0 Å². The summed E-state index contributed by atoms with van der Waals surface area (Å²) in [6.45, 7) is 0.559. The van der Waals surface area contributed by atoms with Gasteiger partial charge in [-0.15, -0.1) is 11.8 Å². The Morgan fingerprint density at radius 1 is 1.14 bits per heavy atom. The molecular formula is C17H19NO2S. The lowest BCUT2D eigenvalue weighted by molar-refractivity contribution is -0.120. The van der Waals surface area contributed by atoms with Gasteiger partial charge in [0.1, 0.15) is 5.75 Å². The molecular weight excluding hydrogens is 282 g/mol. The number of hydrogen-bond acceptors (Lipinski definition) is 3. The van der Waals surface area contributed by atoms with Crippen LogP contribution in [0.15, 0.2) is 53.4 Å². The Hall–Kier alpha value is -1.94. The lowest BCUT2D eigenvalue weighted by atomic mass is 10.1. The van der Waals surface area contributed by atoms with E-state index in [1.54, 1.807) is 18.9 Å². The van der Waals surface area contributed by atoms with Gasteiger partial charge in [-0.25, -0.2) is 0 Å². The highest BCUT2D eigenvalue weighted by Gasteiger charge is 2.04. The number of amides is 1. The number of methoxy groups -OCH3 is 1. The van der Waals surface area contributed by atoms with E-state index in [1.807, 2.05) is 42.7 Å². The summed E-state index contributed by atoms with van der Waals surface area (Å²) in [6.07, 6.45) is 2.42. The summed E-state index contributed by atoms with van der Waals surface area (Å²) in [5.41, 5.74) is 2.09. The molecule has 0 radical (unpaired) electrons. The summed E-state index contributed by atoms with van der Waals surface area (Å²) >= 11 is 1.70. The van der Waals surface area contributed by atoms with E-state index in [4.69, 9.17) is 4.74 Å². The first-order valence-electron chi connectivity index (χ1n) is 6.74. The van der Waals surface area contributed by atoms with E-state index in [0.717, 1.165) is 16.9 Å². The van der Waals surface area contributed by atoms with E-state index < -0.39 is 0 Å². The summed E-state index contributed by atoms with van der Waals surface area (Å²) < 4.78 is 5.10. The molecule has 1 N–H and O–H groups in total. The molecule has 0 heterocycles. The first kappa shape index (κ1) is 15.4.